The molecule has 1 atom stereocenters. The second-order valence-corrected chi connectivity index (χ2v) is 8.94. The van der Waals surface area contributed by atoms with E-state index < -0.39 is 34.4 Å². The van der Waals surface area contributed by atoms with Gasteiger partial charge in [-0.3, -0.25) is 4.79 Å². The van der Waals surface area contributed by atoms with Crippen LogP contribution in [0.2, 0.25) is 0 Å². The summed E-state index contributed by atoms with van der Waals surface area (Å²) in [5.41, 5.74) is 0.784. The van der Waals surface area contributed by atoms with Gasteiger partial charge in [0.15, 0.2) is 28.0 Å². The molecule has 2 heterocycles. The Morgan fingerprint density at radius 1 is 1.31 bits per heavy atom. The molecular formula is C18H21N5O5S. The number of aromatic nitrogens is 4. The number of rotatable bonds is 6. The van der Waals surface area contributed by atoms with Crippen LogP contribution in [0.1, 0.15) is 17.8 Å². The monoisotopic (exact) mass is 419 g/mol. The maximum absolute atomic E-state index is 12.7. The Balaban J connectivity index is 1.71. The van der Waals surface area contributed by atoms with Gasteiger partial charge in [-0.2, -0.15) is 4.68 Å². The molecule has 1 fully saturated rings. The zero-order chi connectivity index (χ0) is 21.0. The third kappa shape index (κ3) is 5.05. The van der Waals surface area contributed by atoms with Crippen molar-refractivity contribution in [2.75, 3.05) is 25.2 Å². The summed E-state index contributed by atoms with van der Waals surface area (Å²) in [5, 5.41) is 11.1. The first-order chi connectivity index (χ1) is 13.8. The van der Waals surface area contributed by atoms with Crippen LogP contribution < -0.4 is 0 Å². The van der Waals surface area contributed by atoms with Crippen LogP contribution in [0, 0.1) is 6.92 Å². The van der Waals surface area contributed by atoms with E-state index in [9.17, 15) is 18.0 Å². The Morgan fingerprint density at radius 2 is 2.03 bits per heavy atom. The van der Waals surface area contributed by atoms with Gasteiger partial charge in [0, 0.05) is 13.1 Å². The van der Waals surface area contributed by atoms with Crippen molar-refractivity contribution in [3.05, 3.63) is 41.7 Å². The lowest BCUT2D eigenvalue weighted by Crippen LogP contribution is -2.40. The third-order valence-corrected chi connectivity index (χ3v) is 6.39. The maximum atomic E-state index is 12.7. The number of benzene rings is 1. The molecule has 2 aromatic rings. The summed E-state index contributed by atoms with van der Waals surface area (Å²) in [6.07, 6.45) is 1.94. The number of tetrazole rings is 1. The van der Waals surface area contributed by atoms with Crippen molar-refractivity contribution in [2.24, 2.45) is 0 Å². The van der Waals surface area contributed by atoms with E-state index in [4.69, 9.17) is 4.74 Å². The SMILES string of the molecule is Cc1nnnn1C(=Cc1ccccc1)C(=O)OCC(=O)N(C)C1CCS(=O)(=O)C1. The van der Waals surface area contributed by atoms with Crippen LogP contribution in [0.3, 0.4) is 0 Å². The van der Waals surface area contributed by atoms with Gasteiger partial charge in [0.1, 0.15) is 0 Å². The molecule has 1 unspecified atom stereocenters. The lowest BCUT2D eigenvalue weighted by molar-refractivity contribution is -0.147. The Morgan fingerprint density at radius 3 is 2.62 bits per heavy atom. The molecule has 154 valence electrons. The summed E-state index contributed by atoms with van der Waals surface area (Å²) in [5.74, 6) is -0.897. The van der Waals surface area contributed by atoms with Crippen LogP contribution in [-0.4, -0.2) is 76.6 Å². The quantitative estimate of drug-likeness (QED) is 0.479. The molecule has 0 saturated carbocycles. The van der Waals surface area contributed by atoms with Crippen LogP contribution in [0.4, 0.5) is 0 Å². The average molecular weight is 419 g/mol. The van der Waals surface area contributed by atoms with E-state index in [0.29, 0.717) is 12.2 Å². The number of hydrogen-bond donors (Lipinski definition) is 0. The van der Waals surface area contributed by atoms with Gasteiger partial charge < -0.3 is 9.64 Å². The normalized spacial score (nSPS) is 18.4. The smallest absolute Gasteiger partial charge is 0.357 e. The zero-order valence-corrected chi connectivity index (χ0v) is 16.9. The van der Waals surface area contributed by atoms with Gasteiger partial charge in [0.2, 0.25) is 0 Å². The van der Waals surface area contributed by atoms with Gasteiger partial charge >= 0.3 is 5.97 Å². The Labute approximate surface area is 168 Å². The van der Waals surface area contributed by atoms with Crippen molar-refractivity contribution >= 4 is 33.5 Å². The van der Waals surface area contributed by atoms with Gasteiger partial charge in [-0.25, -0.2) is 13.2 Å². The minimum absolute atomic E-state index is 0.0532. The second-order valence-electron chi connectivity index (χ2n) is 6.72. The number of ether oxygens (including phenoxy) is 1. The molecule has 1 amide bonds. The molecule has 0 radical (unpaired) electrons. The summed E-state index contributed by atoms with van der Waals surface area (Å²) in [6, 6.07) is 8.66. The van der Waals surface area contributed by atoms with E-state index in [1.807, 2.05) is 18.2 Å². The van der Waals surface area contributed by atoms with Gasteiger partial charge in [-0.15, -0.1) is 5.10 Å². The van der Waals surface area contributed by atoms with Gasteiger partial charge in [0.05, 0.1) is 11.5 Å². The number of hydrogen-bond acceptors (Lipinski definition) is 8. The fourth-order valence-electron chi connectivity index (χ4n) is 2.96. The van der Waals surface area contributed by atoms with Gasteiger partial charge in [-0.1, -0.05) is 30.3 Å². The second kappa shape index (κ2) is 8.52. The van der Waals surface area contributed by atoms with E-state index in [-0.39, 0.29) is 17.2 Å². The molecule has 29 heavy (non-hydrogen) atoms. The summed E-state index contributed by atoms with van der Waals surface area (Å²) >= 11 is 0. The minimum atomic E-state index is -3.12. The first-order valence-corrected chi connectivity index (χ1v) is 10.7. The number of amides is 1. The number of carbonyl (C=O) groups excluding carboxylic acids is 2. The van der Waals surface area contributed by atoms with E-state index in [2.05, 4.69) is 15.5 Å². The molecule has 1 aromatic heterocycles. The van der Waals surface area contributed by atoms with Crippen molar-refractivity contribution in [3.8, 4) is 0 Å². The Bertz CT molecular complexity index is 1030. The molecule has 0 aliphatic carbocycles. The summed E-state index contributed by atoms with van der Waals surface area (Å²) in [6.45, 7) is 1.12. The lowest BCUT2D eigenvalue weighted by atomic mass is 10.2. The predicted molar refractivity (Wildman–Crippen MR) is 104 cm³/mol. The van der Waals surface area contributed by atoms with Crippen molar-refractivity contribution < 1.29 is 22.7 Å². The number of sulfone groups is 1. The summed E-state index contributed by atoms with van der Waals surface area (Å²) in [7, 11) is -1.62. The van der Waals surface area contributed by atoms with Crippen molar-refractivity contribution in [2.45, 2.75) is 19.4 Å². The molecule has 1 aliphatic heterocycles. The molecule has 0 N–H and O–H groups in total. The van der Waals surface area contributed by atoms with Gasteiger partial charge in [-0.05, 0) is 35.4 Å². The maximum Gasteiger partial charge on any atom is 0.357 e. The standard InChI is InChI=1S/C18H21N5O5S/c1-13-19-20-21-23(13)16(10-14-6-4-3-5-7-14)18(25)28-11-17(24)22(2)15-8-9-29(26,27)12-15/h3-7,10,15H,8-9,11-12H2,1-2H3. The van der Waals surface area contributed by atoms with Crippen molar-refractivity contribution in [3.63, 3.8) is 0 Å². The lowest BCUT2D eigenvalue weighted by Gasteiger charge is -2.23. The summed E-state index contributed by atoms with van der Waals surface area (Å²) < 4.78 is 29.6. The van der Waals surface area contributed by atoms with E-state index >= 15 is 0 Å². The topological polar surface area (TPSA) is 124 Å². The fraction of sp³-hybridized carbons (Fsp3) is 0.389. The molecule has 10 nitrogen and oxygen atoms in total. The Kier molecular flexibility index (Phi) is 6.06. The highest BCUT2D eigenvalue weighted by molar-refractivity contribution is 7.91. The van der Waals surface area contributed by atoms with Crippen LogP contribution in [0.5, 0.6) is 0 Å². The molecule has 0 spiro atoms. The molecule has 1 aromatic carbocycles. The summed E-state index contributed by atoms with van der Waals surface area (Å²) in [4.78, 5) is 26.4. The number of carbonyl (C=O) groups is 2. The Hall–Kier alpha value is -3.08. The van der Waals surface area contributed by atoms with Crippen LogP contribution in [0.15, 0.2) is 30.3 Å². The number of esters is 1. The van der Waals surface area contributed by atoms with E-state index in [1.54, 1.807) is 25.1 Å². The molecule has 0 bridgehead atoms. The molecular weight excluding hydrogens is 398 g/mol. The fourth-order valence-corrected chi connectivity index (χ4v) is 4.73. The highest BCUT2D eigenvalue weighted by atomic mass is 32.2. The van der Waals surface area contributed by atoms with Crippen LogP contribution in [-0.2, 0) is 24.2 Å². The third-order valence-electron chi connectivity index (χ3n) is 4.64. The number of aryl methyl sites for hydroxylation is 1. The minimum Gasteiger partial charge on any atom is -0.451 e. The highest BCUT2D eigenvalue weighted by Crippen LogP contribution is 2.17. The predicted octanol–water partition coefficient (Wildman–Crippen LogP) is 0.168. The van der Waals surface area contributed by atoms with Gasteiger partial charge in [0.25, 0.3) is 5.91 Å². The number of likely N-dealkylation sites (N-methyl/N-ethyl adjacent to an activating group) is 1. The largest absolute Gasteiger partial charge is 0.451 e. The molecule has 1 saturated heterocycles. The first kappa shape index (κ1) is 20.6. The first-order valence-electron chi connectivity index (χ1n) is 8.92. The number of nitrogens with zero attached hydrogens (tertiary/aromatic N) is 5. The molecule has 1 aliphatic rings. The van der Waals surface area contributed by atoms with Crippen LogP contribution >= 0.6 is 0 Å². The molecule has 11 heteroatoms. The van der Waals surface area contributed by atoms with E-state index in [1.165, 1.54) is 16.6 Å². The molecule has 3 rings (SSSR count). The zero-order valence-electron chi connectivity index (χ0n) is 16.1. The van der Waals surface area contributed by atoms with Crippen molar-refractivity contribution in [1.82, 2.24) is 25.1 Å². The average Bonchev–Trinajstić information content (AvgIpc) is 3.29. The van der Waals surface area contributed by atoms with Crippen LogP contribution in [0.25, 0.3) is 11.8 Å². The van der Waals surface area contributed by atoms with Crippen molar-refractivity contribution in [1.29, 1.82) is 0 Å². The van der Waals surface area contributed by atoms with E-state index in [0.717, 1.165) is 5.56 Å². The highest BCUT2D eigenvalue weighted by Gasteiger charge is 2.33.